The number of aromatic hydroxyl groups is 1. The van der Waals surface area contributed by atoms with Crippen molar-refractivity contribution < 1.29 is 81.2 Å². The summed E-state index contributed by atoms with van der Waals surface area (Å²) >= 11 is 0. The Labute approximate surface area is 701 Å². The number of esters is 5. The van der Waals surface area contributed by atoms with Crippen LogP contribution < -0.4 is 9.47 Å². The van der Waals surface area contributed by atoms with Gasteiger partial charge in [-0.25, -0.2) is 0 Å². The molecule has 0 spiro atoms. The van der Waals surface area contributed by atoms with Crippen LogP contribution in [0.5, 0.6) is 17.2 Å². The molecule has 6 saturated carbocycles. The standard InChI is InChI=1S/C16H26O2.2C14H22O2.2C13H24O2.C10H14O.2C9H18O3/c1-4-15(2,3)14(17)18-16-8-11-5-12(9-16)7-13(6-11)10-16;2*1-5-11(3)13-7-9-14(10-8-13)16-12(4)15-6-2;2*1-5-12(3,4)11(14)15-13(6-2)9-7-8-10-13;1-3-8(2)9-4-6-10(11)7-5-9;2*1-5-9(2,3)8(10)12-7-6-11-4/h11-13H,4-10H2,1-3H3;2*7-12H,5-6H2,1-4H3;2*5-10H2,1-4H3;4-8,11H,3H2,1-2H3;2*5-7H2,1-4H3. The van der Waals surface area contributed by atoms with Crippen molar-refractivity contribution in [1.29, 1.82) is 0 Å². The lowest BCUT2D eigenvalue weighted by atomic mass is 9.54. The molecule has 3 aromatic rings. The summed E-state index contributed by atoms with van der Waals surface area (Å²) in [4.78, 5) is 58.9. The highest BCUT2D eigenvalue weighted by Gasteiger charge is 2.54. The summed E-state index contributed by atoms with van der Waals surface area (Å²) < 4.78 is 58.9. The lowest BCUT2D eigenvalue weighted by Gasteiger charge is -2.56. The van der Waals surface area contributed by atoms with Crippen molar-refractivity contribution in [3.63, 3.8) is 0 Å². The van der Waals surface area contributed by atoms with E-state index in [1.807, 2.05) is 161 Å². The third-order valence-corrected chi connectivity index (χ3v) is 25.1. The first-order valence-corrected chi connectivity index (χ1v) is 44.6. The Morgan fingerprint density at radius 3 is 0.887 bits per heavy atom. The third-order valence-electron chi connectivity index (χ3n) is 25.1. The Morgan fingerprint density at radius 1 is 0.383 bits per heavy atom. The van der Waals surface area contributed by atoms with Crippen LogP contribution in [-0.4, -0.2) is 118 Å². The number of rotatable bonds is 35. The predicted molar refractivity (Wildman–Crippen MR) is 469 cm³/mol. The van der Waals surface area contributed by atoms with Crippen LogP contribution >= 0.6 is 0 Å². The molecule has 0 radical (unpaired) electrons. The third kappa shape index (κ3) is 38.9. The molecular formula is C98H168O17. The van der Waals surface area contributed by atoms with Gasteiger partial charge in [-0.15, -0.1) is 0 Å². The number of phenols is 1. The highest BCUT2D eigenvalue weighted by molar-refractivity contribution is 5.78. The zero-order valence-corrected chi connectivity index (χ0v) is 78.2. The molecule has 17 heteroatoms. The average Bonchev–Trinajstić information content (AvgIpc) is 1.24. The molecule has 6 fully saturated rings. The molecule has 662 valence electrons. The van der Waals surface area contributed by atoms with Gasteiger partial charge in [0.2, 0.25) is 0 Å². The average molecular weight is 1620 g/mol. The van der Waals surface area contributed by atoms with Crippen molar-refractivity contribution in [3.8, 4) is 17.2 Å². The smallest absolute Gasteiger partial charge is 0.312 e. The van der Waals surface area contributed by atoms with Gasteiger partial charge < -0.3 is 57.2 Å². The maximum absolute atomic E-state index is 12.4. The molecule has 1 N–H and O–H groups in total. The number of hydrogen-bond acceptors (Lipinski definition) is 17. The van der Waals surface area contributed by atoms with E-state index in [9.17, 15) is 24.0 Å². The molecular weight excluding hydrogens is 1450 g/mol. The minimum absolute atomic E-state index is 0.0197. The normalized spacial score (nSPS) is 19.5. The monoisotopic (exact) mass is 1620 g/mol. The van der Waals surface area contributed by atoms with E-state index in [4.69, 9.17) is 57.2 Å². The first-order valence-electron chi connectivity index (χ1n) is 44.6. The number of phenolic OH excluding ortho intramolecular Hbond substituents is 1. The molecule has 0 amide bonds. The van der Waals surface area contributed by atoms with Crippen molar-refractivity contribution in [3.05, 3.63) is 89.5 Å². The van der Waals surface area contributed by atoms with Gasteiger partial charge in [0.05, 0.1) is 40.3 Å². The predicted octanol–water partition coefficient (Wildman–Crippen LogP) is 25.4. The molecule has 9 rings (SSSR count). The van der Waals surface area contributed by atoms with E-state index < -0.39 is 0 Å². The van der Waals surface area contributed by atoms with E-state index in [0.717, 1.165) is 138 Å². The van der Waals surface area contributed by atoms with E-state index in [2.05, 4.69) is 86.6 Å². The van der Waals surface area contributed by atoms with Crippen LogP contribution in [0.1, 0.15) is 375 Å². The van der Waals surface area contributed by atoms with E-state index in [-0.39, 0.29) is 86.3 Å². The number of benzene rings is 3. The van der Waals surface area contributed by atoms with Crippen molar-refractivity contribution in [2.75, 3.05) is 53.9 Å². The van der Waals surface area contributed by atoms with E-state index in [0.29, 0.717) is 63.1 Å². The van der Waals surface area contributed by atoms with Gasteiger partial charge in [-0.1, -0.05) is 126 Å². The van der Waals surface area contributed by atoms with Crippen LogP contribution in [0.15, 0.2) is 72.8 Å². The van der Waals surface area contributed by atoms with Gasteiger partial charge >= 0.3 is 29.8 Å². The van der Waals surface area contributed by atoms with Crippen LogP contribution in [0, 0.1) is 44.8 Å². The summed E-state index contributed by atoms with van der Waals surface area (Å²) in [7, 11) is 3.16. The first-order chi connectivity index (χ1) is 54.0. The van der Waals surface area contributed by atoms with Crippen LogP contribution in [0.25, 0.3) is 0 Å². The maximum atomic E-state index is 12.4. The summed E-state index contributed by atoms with van der Waals surface area (Å²) in [6, 6.07) is 24.0. The van der Waals surface area contributed by atoms with Gasteiger partial charge in [-0.05, 0) is 340 Å². The topological polar surface area (TPSA) is 207 Å². The van der Waals surface area contributed by atoms with Crippen molar-refractivity contribution >= 4 is 29.8 Å². The molecule has 0 aromatic heterocycles. The van der Waals surface area contributed by atoms with Gasteiger partial charge in [0.25, 0.3) is 0 Å². The Hall–Kier alpha value is -5.75. The summed E-state index contributed by atoms with van der Waals surface area (Å²) in [6.07, 6.45) is 25.8. The number of ether oxygens (including phenoxy) is 11. The highest BCUT2D eigenvalue weighted by Crippen LogP contribution is 2.57. The van der Waals surface area contributed by atoms with Gasteiger partial charge in [-0.3, -0.25) is 24.0 Å². The van der Waals surface area contributed by atoms with E-state index >= 15 is 0 Å². The Balaban J connectivity index is 0.000000661. The second kappa shape index (κ2) is 53.7. The summed E-state index contributed by atoms with van der Waals surface area (Å²) in [6.45, 7) is 57.7. The molecule has 6 aliphatic carbocycles. The van der Waals surface area contributed by atoms with Gasteiger partial charge in [0.1, 0.15) is 47.3 Å². The Morgan fingerprint density at radius 2 is 0.643 bits per heavy atom. The van der Waals surface area contributed by atoms with Gasteiger partial charge in [0.15, 0.2) is 12.6 Å². The lowest BCUT2D eigenvalue weighted by molar-refractivity contribution is -0.196. The molecule has 6 aliphatic rings. The molecule has 0 heterocycles. The first kappa shape index (κ1) is 107. The number of hydrogen-bond donors (Lipinski definition) is 1. The summed E-state index contributed by atoms with van der Waals surface area (Å²) in [5.74, 6) is 6.11. The molecule has 5 unspecified atom stereocenters. The number of carbonyl (C=O) groups excluding carboxylic acids is 5. The highest BCUT2D eigenvalue weighted by atomic mass is 16.7. The molecule has 4 bridgehead atoms. The quantitative estimate of drug-likeness (QED) is 0.0251. The van der Waals surface area contributed by atoms with E-state index in [1.165, 1.54) is 61.6 Å². The molecule has 0 aliphatic heterocycles. The second-order valence-corrected chi connectivity index (χ2v) is 36.1. The SMILES string of the molecule is CCC(C)(C)C(=O)OC12CC3CC(CC(C3)C1)C2.CCC(C)(C)C(=O)OCCOC.CCC(C)(C)C(=O)OCCOC.CCC(C)c1ccc(O)cc1.CCC1(OC(=O)C(C)(C)CC)CCCC1.CCC1(OC(=O)C(C)(C)CC)CCCC1.CCOC(C)Oc1ccc(C(C)CC)cc1.CCOC(C)Oc1ccc(C(C)CC)cc1. The van der Waals surface area contributed by atoms with Crippen LogP contribution in [0.2, 0.25) is 0 Å². The minimum Gasteiger partial charge on any atom is -0.508 e. The fraction of sp³-hybridized carbons (Fsp3) is 0.765. The van der Waals surface area contributed by atoms with Crippen molar-refractivity contribution in [2.45, 2.75) is 388 Å². The van der Waals surface area contributed by atoms with Crippen molar-refractivity contribution in [1.82, 2.24) is 0 Å². The largest absolute Gasteiger partial charge is 0.508 e. The Bertz CT molecular complexity index is 2930. The van der Waals surface area contributed by atoms with E-state index in [1.54, 1.807) is 26.4 Å². The molecule has 5 atom stereocenters. The van der Waals surface area contributed by atoms with Gasteiger partial charge in [0, 0.05) is 27.4 Å². The molecule has 3 aromatic carbocycles. The second-order valence-electron chi connectivity index (χ2n) is 36.1. The molecule has 115 heavy (non-hydrogen) atoms. The number of carbonyl (C=O) groups is 5. The van der Waals surface area contributed by atoms with Crippen LogP contribution in [0.4, 0.5) is 0 Å². The molecule has 0 saturated heterocycles. The van der Waals surface area contributed by atoms with Crippen LogP contribution in [-0.2, 0) is 66.6 Å². The maximum Gasteiger partial charge on any atom is 0.312 e. The summed E-state index contributed by atoms with van der Waals surface area (Å²) in [5, 5.41) is 9.01. The number of methoxy groups -OCH3 is 2. The summed E-state index contributed by atoms with van der Waals surface area (Å²) in [5.41, 5.74) is 1.97. The molecule has 17 nitrogen and oxygen atoms in total. The zero-order valence-electron chi connectivity index (χ0n) is 78.2. The van der Waals surface area contributed by atoms with Crippen molar-refractivity contribution in [2.24, 2.45) is 44.8 Å². The van der Waals surface area contributed by atoms with Crippen LogP contribution in [0.3, 0.4) is 0 Å². The fourth-order valence-electron chi connectivity index (χ4n) is 14.0. The minimum atomic E-state index is -0.367. The fourth-order valence-corrected chi connectivity index (χ4v) is 14.0. The van der Waals surface area contributed by atoms with Gasteiger partial charge in [-0.2, -0.15) is 0 Å². The zero-order chi connectivity index (χ0) is 87.4. The lowest BCUT2D eigenvalue weighted by Crippen LogP contribution is -2.53. The Kier molecular flexibility index (Phi) is 50.1.